The van der Waals surface area contributed by atoms with Crippen molar-refractivity contribution in [2.24, 2.45) is 16.5 Å². The van der Waals surface area contributed by atoms with Gasteiger partial charge in [-0.05, 0) is 13.0 Å². The number of rotatable bonds is 3. The summed E-state index contributed by atoms with van der Waals surface area (Å²) < 4.78 is 0. The predicted octanol–water partition coefficient (Wildman–Crippen LogP) is 0.948. The van der Waals surface area contributed by atoms with Gasteiger partial charge in [0.1, 0.15) is 5.84 Å². The summed E-state index contributed by atoms with van der Waals surface area (Å²) >= 11 is 0. The third kappa shape index (κ3) is 2.62. The van der Waals surface area contributed by atoms with E-state index in [0.717, 1.165) is 0 Å². The van der Waals surface area contributed by atoms with Crippen molar-refractivity contribution in [2.45, 2.75) is 6.92 Å². The van der Waals surface area contributed by atoms with Gasteiger partial charge >= 0.3 is 0 Å². The van der Waals surface area contributed by atoms with Crippen LogP contribution in [-0.4, -0.2) is 12.9 Å². The summed E-state index contributed by atoms with van der Waals surface area (Å²) in [5, 5.41) is 0. The quantitative estimate of drug-likeness (QED) is 0.371. The van der Waals surface area contributed by atoms with Crippen molar-refractivity contribution in [1.29, 1.82) is 0 Å². The maximum absolute atomic E-state index is 5.68. The molecule has 0 saturated heterocycles. The van der Waals surface area contributed by atoms with E-state index in [1.807, 2.05) is 13.0 Å². The summed E-state index contributed by atoms with van der Waals surface area (Å²) in [6, 6.07) is 0. The van der Waals surface area contributed by atoms with Gasteiger partial charge in [-0.2, -0.15) is 0 Å². The number of allylic oxidation sites excluding steroid dienone is 2. The fraction of sp³-hybridized carbons (Fsp3) is 0.222. The van der Waals surface area contributed by atoms with Gasteiger partial charge in [0, 0.05) is 18.3 Å². The van der Waals surface area contributed by atoms with E-state index in [2.05, 4.69) is 11.6 Å². The lowest BCUT2D eigenvalue weighted by molar-refractivity contribution is 1.33. The van der Waals surface area contributed by atoms with Crippen LogP contribution in [0.3, 0.4) is 0 Å². The number of amidine groups is 1. The Morgan fingerprint density at radius 1 is 1.42 bits per heavy atom. The maximum Gasteiger partial charge on any atom is 0.127 e. The standard InChI is InChI=1S/C9H15N3/c1-4-6-8(10)7(5-2)9(11)12-3/h4-6H,2,10H2,1,3H3,(H2,11,12)/b6-4-,8-7?. The monoisotopic (exact) mass is 165 g/mol. The predicted molar refractivity (Wildman–Crippen MR) is 53.8 cm³/mol. The highest BCUT2D eigenvalue weighted by atomic mass is 14.8. The number of nitrogens with two attached hydrogens (primary N) is 2. The Bertz CT molecular complexity index is 246. The van der Waals surface area contributed by atoms with Gasteiger partial charge in [0.2, 0.25) is 0 Å². The van der Waals surface area contributed by atoms with E-state index >= 15 is 0 Å². The molecule has 0 aliphatic carbocycles. The molecule has 0 saturated carbocycles. The fourth-order valence-corrected chi connectivity index (χ4v) is 0.760. The van der Waals surface area contributed by atoms with Crippen molar-refractivity contribution in [3.05, 3.63) is 36.1 Å². The van der Waals surface area contributed by atoms with Crippen LogP contribution in [0.15, 0.2) is 41.1 Å². The highest BCUT2D eigenvalue weighted by molar-refractivity contribution is 6.00. The van der Waals surface area contributed by atoms with Crippen molar-refractivity contribution in [1.82, 2.24) is 0 Å². The van der Waals surface area contributed by atoms with Gasteiger partial charge < -0.3 is 11.5 Å². The first-order valence-electron chi connectivity index (χ1n) is 3.64. The van der Waals surface area contributed by atoms with Crippen LogP contribution in [0.5, 0.6) is 0 Å². The summed E-state index contributed by atoms with van der Waals surface area (Å²) in [6.45, 7) is 5.48. The summed E-state index contributed by atoms with van der Waals surface area (Å²) in [7, 11) is 1.61. The van der Waals surface area contributed by atoms with Gasteiger partial charge in [-0.15, -0.1) is 0 Å². The van der Waals surface area contributed by atoms with E-state index < -0.39 is 0 Å². The number of nitrogens with zero attached hydrogens (tertiary/aromatic N) is 1. The van der Waals surface area contributed by atoms with Gasteiger partial charge in [-0.25, -0.2) is 0 Å². The van der Waals surface area contributed by atoms with Crippen molar-refractivity contribution in [2.75, 3.05) is 7.05 Å². The van der Waals surface area contributed by atoms with Crippen LogP contribution < -0.4 is 11.5 Å². The van der Waals surface area contributed by atoms with E-state index in [1.165, 1.54) is 0 Å². The van der Waals surface area contributed by atoms with Gasteiger partial charge in [0.25, 0.3) is 0 Å². The highest BCUT2D eigenvalue weighted by Crippen LogP contribution is 2.01. The minimum Gasteiger partial charge on any atom is -0.398 e. The molecule has 3 heteroatoms. The van der Waals surface area contributed by atoms with Crippen LogP contribution in [-0.2, 0) is 0 Å². The van der Waals surface area contributed by atoms with Crippen molar-refractivity contribution in [3.8, 4) is 0 Å². The smallest absolute Gasteiger partial charge is 0.127 e. The molecule has 0 spiro atoms. The Kier molecular flexibility index (Phi) is 4.53. The molecule has 0 aliphatic heterocycles. The molecule has 0 aromatic heterocycles. The SMILES string of the molecule is C=CC(C(N)=NC)=C(N)/C=C\C. The maximum atomic E-state index is 5.68. The molecule has 0 heterocycles. The van der Waals surface area contributed by atoms with Gasteiger partial charge in [0.15, 0.2) is 0 Å². The highest BCUT2D eigenvalue weighted by Gasteiger charge is 1.99. The second-order valence-corrected chi connectivity index (χ2v) is 2.18. The lowest BCUT2D eigenvalue weighted by atomic mass is 10.2. The normalized spacial score (nSPS) is 14.7. The second-order valence-electron chi connectivity index (χ2n) is 2.18. The zero-order valence-corrected chi connectivity index (χ0v) is 7.54. The van der Waals surface area contributed by atoms with Gasteiger partial charge in [-0.1, -0.05) is 18.7 Å². The van der Waals surface area contributed by atoms with E-state index in [0.29, 0.717) is 17.1 Å². The summed E-state index contributed by atoms with van der Waals surface area (Å²) in [5.74, 6) is 0.403. The average Bonchev–Trinajstić information content (AvgIpc) is 2.06. The molecular weight excluding hydrogens is 150 g/mol. The van der Waals surface area contributed by atoms with Gasteiger partial charge in [-0.3, -0.25) is 4.99 Å². The molecule has 0 aromatic rings. The lowest BCUT2D eigenvalue weighted by Crippen LogP contribution is -2.17. The fourth-order valence-electron chi connectivity index (χ4n) is 0.760. The number of hydrogen-bond acceptors (Lipinski definition) is 2. The third-order valence-electron chi connectivity index (χ3n) is 1.38. The molecule has 4 N–H and O–H groups in total. The Hall–Kier alpha value is -1.51. The topological polar surface area (TPSA) is 64.4 Å². The summed E-state index contributed by atoms with van der Waals surface area (Å²) in [4.78, 5) is 3.81. The molecule has 0 fully saturated rings. The first-order valence-corrected chi connectivity index (χ1v) is 3.64. The van der Waals surface area contributed by atoms with Crippen LogP contribution in [0.4, 0.5) is 0 Å². The third-order valence-corrected chi connectivity index (χ3v) is 1.38. The van der Waals surface area contributed by atoms with Crippen LogP contribution in [0.2, 0.25) is 0 Å². The van der Waals surface area contributed by atoms with Crippen LogP contribution >= 0.6 is 0 Å². The minimum atomic E-state index is 0.403. The van der Waals surface area contributed by atoms with E-state index in [1.54, 1.807) is 19.2 Å². The molecule has 0 unspecified atom stereocenters. The van der Waals surface area contributed by atoms with Crippen LogP contribution in [0.25, 0.3) is 0 Å². The molecule has 66 valence electrons. The van der Waals surface area contributed by atoms with E-state index in [9.17, 15) is 0 Å². The second kappa shape index (κ2) is 5.18. The largest absolute Gasteiger partial charge is 0.398 e. The Labute approximate surface area is 73.2 Å². The number of hydrogen-bond donors (Lipinski definition) is 2. The lowest BCUT2D eigenvalue weighted by Gasteiger charge is -2.02. The number of aliphatic imine (C=N–C) groups is 1. The van der Waals surface area contributed by atoms with E-state index in [4.69, 9.17) is 11.5 Å². The minimum absolute atomic E-state index is 0.403. The Balaban J connectivity index is 4.99. The van der Waals surface area contributed by atoms with Crippen LogP contribution in [0.1, 0.15) is 6.92 Å². The zero-order valence-electron chi connectivity index (χ0n) is 7.54. The first kappa shape index (κ1) is 10.5. The molecule has 0 amide bonds. The Morgan fingerprint density at radius 3 is 2.33 bits per heavy atom. The van der Waals surface area contributed by atoms with Crippen molar-refractivity contribution >= 4 is 5.84 Å². The summed E-state index contributed by atoms with van der Waals surface area (Å²) in [5.41, 5.74) is 12.5. The summed E-state index contributed by atoms with van der Waals surface area (Å²) in [6.07, 6.45) is 5.19. The average molecular weight is 165 g/mol. The molecular formula is C9H15N3. The molecule has 0 aliphatic rings. The molecule has 0 bridgehead atoms. The molecule has 0 atom stereocenters. The van der Waals surface area contributed by atoms with Gasteiger partial charge in [0.05, 0.1) is 0 Å². The molecule has 12 heavy (non-hydrogen) atoms. The first-order chi connectivity index (χ1) is 5.67. The van der Waals surface area contributed by atoms with Crippen molar-refractivity contribution < 1.29 is 0 Å². The van der Waals surface area contributed by atoms with Crippen molar-refractivity contribution in [3.63, 3.8) is 0 Å². The van der Waals surface area contributed by atoms with Crippen LogP contribution in [0, 0.1) is 0 Å². The van der Waals surface area contributed by atoms with E-state index in [-0.39, 0.29) is 0 Å². The molecule has 0 rings (SSSR count). The molecule has 0 radical (unpaired) electrons. The zero-order chi connectivity index (χ0) is 9.56. The molecule has 3 nitrogen and oxygen atoms in total. The Morgan fingerprint density at radius 2 is 2.00 bits per heavy atom. The molecule has 0 aromatic carbocycles.